The first kappa shape index (κ1) is 14.1. The van der Waals surface area contributed by atoms with E-state index in [2.05, 4.69) is 15.6 Å². The van der Waals surface area contributed by atoms with Gasteiger partial charge >= 0.3 is 0 Å². The number of para-hydroxylation sites is 1. The average Bonchev–Trinajstić information content (AvgIpc) is 2.98. The highest BCUT2D eigenvalue weighted by Crippen LogP contribution is 2.22. The molecule has 2 N–H and O–H groups in total. The second kappa shape index (κ2) is 6.72. The van der Waals surface area contributed by atoms with E-state index in [1.807, 2.05) is 35.7 Å². The Kier molecular flexibility index (Phi) is 4.50. The van der Waals surface area contributed by atoms with Crippen molar-refractivity contribution in [1.29, 1.82) is 0 Å². The SMILES string of the molecule is O=C(NC1CCCCC1)c1csc(Nc2ccccc2)n1. The molecule has 2 aromatic rings. The highest BCUT2D eigenvalue weighted by molar-refractivity contribution is 7.14. The third kappa shape index (κ3) is 3.82. The van der Waals surface area contributed by atoms with Crippen LogP contribution in [0, 0.1) is 0 Å². The van der Waals surface area contributed by atoms with Gasteiger partial charge in [0.15, 0.2) is 5.13 Å². The van der Waals surface area contributed by atoms with E-state index in [1.165, 1.54) is 30.6 Å². The second-order valence-corrected chi connectivity index (χ2v) is 6.20. The Morgan fingerprint density at radius 1 is 1.14 bits per heavy atom. The molecule has 0 radical (unpaired) electrons. The van der Waals surface area contributed by atoms with E-state index in [9.17, 15) is 4.79 Å². The van der Waals surface area contributed by atoms with Crippen LogP contribution in [0.3, 0.4) is 0 Å². The molecule has 110 valence electrons. The monoisotopic (exact) mass is 301 g/mol. The van der Waals surface area contributed by atoms with E-state index in [4.69, 9.17) is 0 Å². The summed E-state index contributed by atoms with van der Waals surface area (Å²) in [5.41, 5.74) is 1.48. The van der Waals surface area contributed by atoms with Crippen LogP contribution in [0.1, 0.15) is 42.6 Å². The zero-order valence-corrected chi connectivity index (χ0v) is 12.7. The summed E-state index contributed by atoms with van der Waals surface area (Å²) in [6.45, 7) is 0. The molecule has 1 amide bonds. The maximum atomic E-state index is 12.2. The first-order chi connectivity index (χ1) is 10.3. The third-order valence-electron chi connectivity index (χ3n) is 3.70. The average molecular weight is 301 g/mol. The highest BCUT2D eigenvalue weighted by Gasteiger charge is 2.18. The van der Waals surface area contributed by atoms with Crippen molar-refractivity contribution in [2.45, 2.75) is 38.1 Å². The number of benzene rings is 1. The summed E-state index contributed by atoms with van der Waals surface area (Å²) >= 11 is 1.45. The molecule has 1 aromatic heterocycles. The van der Waals surface area contributed by atoms with Gasteiger partial charge in [-0.1, -0.05) is 37.5 Å². The van der Waals surface area contributed by atoms with E-state index in [0.717, 1.165) is 23.7 Å². The fourth-order valence-electron chi connectivity index (χ4n) is 2.59. The van der Waals surface area contributed by atoms with Crippen LogP contribution in [0.15, 0.2) is 35.7 Å². The number of hydrogen-bond acceptors (Lipinski definition) is 4. The van der Waals surface area contributed by atoms with Crippen molar-refractivity contribution in [3.63, 3.8) is 0 Å². The van der Waals surface area contributed by atoms with Crippen LogP contribution in [0.5, 0.6) is 0 Å². The molecule has 0 atom stereocenters. The molecule has 21 heavy (non-hydrogen) atoms. The van der Waals surface area contributed by atoms with Crippen LogP contribution in [-0.2, 0) is 0 Å². The molecule has 1 heterocycles. The number of thiazole rings is 1. The van der Waals surface area contributed by atoms with Gasteiger partial charge in [0.25, 0.3) is 5.91 Å². The van der Waals surface area contributed by atoms with Crippen molar-refractivity contribution in [2.75, 3.05) is 5.32 Å². The lowest BCUT2D eigenvalue weighted by atomic mass is 9.95. The molecule has 0 saturated heterocycles. The number of hydrogen-bond donors (Lipinski definition) is 2. The quantitative estimate of drug-likeness (QED) is 0.899. The number of amides is 1. The number of nitrogens with zero attached hydrogens (tertiary/aromatic N) is 1. The summed E-state index contributed by atoms with van der Waals surface area (Å²) in [4.78, 5) is 16.6. The Morgan fingerprint density at radius 3 is 2.67 bits per heavy atom. The van der Waals surface area contributed by atoms with Gasteiger partial charge in [-0.25, -0.2) is 4.98 Å². The van der Waals surface area contributed by atoms with Crippen molar-refractivity contribution in [2.24, 2.45) is 0 Å². The first-order valence-electron chi connectivity index (χ1n) is 7.40. The Hall–Kier alpha value is -1.88. The highest BCUT2D eigenvalue weighted by atomic mass is 32.1. The second-order valence-electron chi connectivity index (χ2n) is 5.34. The molecule has 1 aliphatic carbocycles. The van der Waals surface area contributed by atoms with Crippen molar-refractivity contribution < 1.29 is 4.79 Å². The van der Waals surface area contributed by atoms with Gasteiger partial charge in [-0.2, -0.15) is 0 Å². The maximum Gasteiger partial charge on any atom is 0.271 e. The van der Waals surface area contributed by atoms with E-state index >= 15 is 0 Å². The summed E-state index contributed by atoms with van der Waals surface area (Å²) in [7, 11) is 0. The zero-order chi connectivity index (χ0) is 14.5. The lowest BCUT2D eigenvalue weighted by Crippen LogP contribution is -2.36. The number of nitrogens with one attached hydrogen (secondary N) is 2. The first-order valence-corrected chi connectivity index (χ1v) is 8.28. The normalized spacial score (nSPS) is 15.6. The van der Waals surface area contributed by atoms with Crippen LogP contribution >= 0.6 is 11.3 Å². The Bertz CT molecular complexity index is 591. The molecule has 0 bridgehead atoms. The van der Waals surface area contributed by atoms with Crippen molar-refractivity contribution in [3.8, 4) is 0 Å². The lowest BCUT2D eigenvalue weighted by Gasteiger charge is -2.22. The number of rotatable bonds is 4. The molecule has 5 heteroatoms. The predicted molar refractivity (Wildman–Crippen MR) is 86.2 cm³/mol. The van der Waals surface area contributed by atoms with Crippen LogP contribution < -0.4 is 10.6 Å². The Balaban J connectivity index is 1.60. The van der Waals surface area contributed by atoms with Gasteiger partial charge in [0.2, 0.25) is 0 Å². The van der Waals surface area contributed by atoms with Crippen LogP contribution in [-0.4, -0.2) is 16.9 Å². The van der Waals surface area contributed by atoms with Gasteiger partial charge in [0.1, 0.15) is 5.69 Å². The van der Waals surface area contributed by atoms with Crippen LogP contribution in [0.25, 0.3) is 0 Å². The molecule has 1 fully saturated rings. The van der Waals surface area contributed by atoms with E-state index in [-0.39, 0.29) is 5.91 Å². The fraction of sp³-hybridized carbons (Fsp3) is 0.375. The van der Waals surface area contributed by atoms with E-state index < -0.39 is 0 Å². The maximum absolute atomic E-state index is 12.2. The number of carbonyl (C=O) groups is 1. The van der Waals surface area contributed by atoms with Gasteiger partial charge in [-0.3, -0.25) is 4.79 Å². The largest absolute Gasteiger partial charge is 0.348 e. The molecular weight excluding hydrogens is 282 g/mol. The van der Waals surface area contributed by atoms with Crippen LogP contribution in [0.2, 0.25) is 0 Å². The summed E-state index contributed by atoms with van der Waals surface area (Å²) < 4.78 is 0. The van der Waals surface area contributed by atoms with Crippen molar-refractivity contribution in [3.05, 3.63) is 41.4 Å². The summed E-state index contributed by atoms with van der Waals surface area (Å²) in [6, 6.07) is 10.2. The summed E-state index contributed by atoms with van der Waals surface area (Å²) in [5, 5.41) is 8.85. The molecule has 0 spiro atoms. The molecule has 1 aromatic carbocycles. The minimum Gasteiger partial charge on any atom is -0.348 e. The smallest absolute Gasteiger partial charge is 0.271 e. The fourth-order valence-corrected chi connectivity index (χ4v) is 3.30. The third-order valence-corrected chi connectivity index (χ3v) is 4.46. The van der Waals surface area contributed by atoms with Crippen molar-refractivity contribution in [1.82, 2.24) is 10.3 Å². The lowest BCUT2D eigenvalue weighted by molar-refractivity contribution is 0.0923. The van der Waals surface area contributed by atoms with Gasteiger partial charge in [-0.15, -0.1) is 11.3 Å². The number of anilines is 2. The minimum absolute atomic E-state index is 0.0562. The molecule has 1 saturated carbocycles. The van der Waals surface area contributed by atoms with Gasteiger partial charge in [0.05, 0.1) is 0 Å². The number of carbonyl (C=O) groups excluding carboxylic acids is 1. The predicted octanol–water partition coefficient (Wildman–Crippen LogP) is 3.95. The molecule has 4 nitrogen and oxygen atoms in total. The zero-order valence-electron chi connectivity index (χ0n) is 11.8. The van der Waals surface area contributed by atoms with Crippen LogP contribution in [0.4, 0.5) is 10.8 Å². The summed E-state index contributed by atoms with van der Waals surface area (Å²) in [5.74, 6) is -0.0562. The van der Waals surface area contributed by atoms with Crippen molar-refractivity contribution >= 4 is 28.1 Å². The molecule has 3 rings (SSSR count). The van der Waals surface area contributed by atoms with E-state index in [1.54, 1.807) is 0 Å². The van der Waals surface area contributed by atoms with Gasteiger partial charge in [0, 0.05) is 17.1 Å². The standard InChI is InChI=1S/C16H19N3OS/c20-15(17-12-7-3-1-4-8-12)14-11-21-16(19-14)18-13-9-5-2-6-10-13/h2,5-6,9-12H,1,3-4,7-8H2,(H,17,20)(H,18,19). The summed E-state index contributed by atoms with van der Waals surface area (Å²) in [6.07, 6.45) is 5.88. The van der Waals surface area contributed by atoms with Gasteiger partial charge < -0.3 is 10.6 Å². The number of aromatic nitrogens is 1. The minimum atomic E-state index is -0.0562. The molecule has 0 unspecified atom stereocenters. The van der Waals surface area contributed by atoms with E-state index in [0.29, 0.717) is 11.7 Å². The molecular formula is C16H19N3OS. The Labute approximate surface area is 128 Å². The van der Waals surface area contributed by atoms with Gasteiger partial charge in [-0.05, 0) is 25.0 Å². The Morgan fingerprint density at radius 2 is 1.90 bits per heavy atom. The topological polar surface area (TPSA) is 54.0 Å². The molecule has 0 aliphatic heterocycles. The molecule has 1 aliphatic rings.